The van der Waals surface area contributed by atoms with Crippen LogP contribution < -0.4 is 5.32 Å². The fourth-order valence-corrected chi connectivity index (χ4v) is 1.73. The summed E-state index contributed by atoms with van der Waals surface area (Å²) in [6.07, 6.45) is 1.27. The summed E-state index contributed by atoms with van der Waals surface area (Å²) in [5, 5.41) is 11.8. The number of rotatable bonds is 4. The van der Waals surface area contributed by atoms with Gasteiger partial charge < -0.3 is 14.8 Å². The van der Waals surface area contributed by atoms with Gasteiger partial charge in [-0.05, 0) is 18.2 Å². The van der Waals surface area contributed by atoms with Gasteiger partial charge in [0.25, 0.3) is 0 Å². The van der Waals surface area contributed by atoms with Crippen molar-refractivity contribution in [3.05, 3.63) is 52.7 Å². The quantitative estimate of drug-likeness (QED) is 0.893. The van der Waals surface area contributed by atoms with Crippen LogP contribution in [0.4, 0.5) is 10.1 Å². The number of benzene rings is 1. The van der Waals surface area contributed by atoms with Crippen molar-refractivity contribution < 1.29 is 18.7 Å². The molecule has 0 fully saturated rings. The first kappa shape index (κ1) is 12.4. The number of para-hydroxylation sites is 1. The van der Waals surface area contributed by atoms with Gasteiger partial charge in [-0.15, -0.1) is 0 Å². The zero-order valence-electron chi connectivity index (χ0n) is 9.11. The highest BCUT2D eigenvalue weighted by atomic mass is 35.5. The molecule has 1 aromatic heterocycles. The molecule has 0 saturated carbocycles. The molecule has 6 heteroatoms. The molecule has 0 unspecified atom stereocenters. The van der Waals surface area contributed by atoms with Gasteiger partial charge >= 0.3 is 5.97 Å². The van der Waals surface area contributed by atoms with Crippen LogP contribution in [0.3, 0.4) is 0 Å². The Kier molecular flexibility index (Phi) is 3.53. The van der Waals surface area contributed by atoms with Crippen LogP contribution in [0.2, 0.25) is 5.02 Å². The van der Waals surface area contributed by atoms with Gasteiger partial charge in [-0.1, -0.05) is 17.7 Å². The van der Waals surface area contributed by atoms with E-state index in [0.29, 0.717) is 0 Å². The third-order valence-electron chi connectivity index (χ3n) is 2.36. The Labute approximate surface area is 107 Å². The maximum absolute atomic E-state index is 13.4. The molecule has 0 saturated heterocycles. The molecule has 2 N–H and O–H groups in total. The summed E-state index contributed by atoms with van der Waals surface area (Å²) < 4.78 is 18.5. The lowest BCUT2D eigenvalue weighted by atomic mass is 10.2. The van der Waals surface area contributed by atoms with E-state index in [-0.39, 0.29) is 28.6 Å². The first-order chi connectivity index (χ1) is 8.59. The Morgan fingerprint density at radius 2 is 2.22 bits per heavy atom. The number of nitrogens with one attached hydrogen (secondary N) is 1. The molecular formula is C12H9ClFNO3. The predicted octanol–water partition coefficient (Wildman–Crippen LogP) is 3.38. The Balaban J connectivity index is 2.17. The Hall–Kier alpha value is -2.01. The summed E-state index contributed by atoms with van der Waals surface area (Å²) in [4.78, 5) is 10.8. The van der Waals surface area contributed by atoms with Crippen LogP contribution in [0.1, 0.15) is 16.1 Å². The summed E-state index contributed by atoms with van der Waals surface area (Å²) >= 11 is 5.82. The molecule has 1 aromatic carbocycles. The standard InChI is InChI=1S/C12H9ClFNO3/c13-8-2-1-3-9(14)11(8)15-6-10-7(12(16)17)4-5-18-10/h1-5,15H,6H2,(H,16,17). The van der Waals surface area contributed by atoms with Gasteiger partial charge in [0.15, 0.2) is 0 Å². The van der Waals surface area contributed by atoms with Gasteiger partial charge in [-0.25, -0.2) is 9.18 Å². The summed E-state index contributed by atoms with van der Waals surface area (Å²) in [6.45, 7) is 0.0370. The summed E-state index contributed by atoms with van der Waals surface area (Å²) in [5.41, 5.74) is 0.155. The molecule has 18 heavy (non-hydrogen) atoms. The average molecular weight is 270 g/mol. The zero-order chi connectivity index (χ0) is 13.1. The molecule has 0 bridgehead atoms. The van der Waals surface area contributed by atoms with Crippen molar-refractivity contribution in [1.82, 2.24) is 0 Å². The zero-order valence-corrected chi connectivity index (χ0v) is 9.87. The fraction of sp³-hybridized carbons (Fsp3) is 0.0833. The number of aromatic carboxylic acids is 1. The van der Waals surface area contributed by atoms with Gasteiger partial charge in [0.2, 0.25) is 0 Å². The van der Waals surface area contributed by atoms with Crippen molar-refractivity contribution in [2.75, 3.05) is 5.32 Å². The van der Waals surface area contributed by atoms with Crippen molar-refractivity contribution in [2.24, 2.45) is 0 Å². The van der Waals surface area contributed by atoms with Gasteiger partial charge in [0.05, 0.1) is 23.5 Å². The van der Waals surface area contributed by atoms with Crippen LogP contribution >= 0.6 is 11.6 Å². The highest BCUT2D eigenvalue weighted by Gasteiger charge is 2.14. The predicted molar refractivity (Wildman–Crippen MR) is 64.4 cm³/mol. The monoisotopic (exact) mass is 269 g/mol. The lowest BCUT2D eigenvalue weighted by molar-refractivity contribution is 0.0694. The maximum Gasteiger partial charge on any atom is 0.339 e. The van der Waals surface area contributed by atoms with Crippen LogP contribution in [0, 0.1) is 5.82 Å². The maximum atomic E-state index is 13.4. The van der Waals surface area contributed by atoms with Crippen LogP contribution in [0.5, 0.6) is 0 Å². The van der Waals surface area contributed by atoms with Crippen molar-refractivity contribution in [1.29, 1.82) is 0 Å². The highest BCUT2D eigenvalue weighted by Crippen LogP contribution is 2.25. The number of hydrogen-bond acceptors (Lipinski definition) is 3. The van der Waals surface area contributed by atoms with Crippen LogP contribution in [-0.2, 0) is 6.54 Å². The molecule has 0 amide bonds. The van der Waals surface area contributed by atoms with E-state index in [0.717, 1.165) is 0 Å². The molecule has 1 heterocycles. The number of carbonyl (C=O) groups is 1. The van der Waals surface area contributed by atoms with Crippen molar-refractivity contribution in [3.8, 4) is 0 Å². The van der Waals surface area contributed by atoms with E-state index in [4.69, 9.17) is 21.1 Å². The Bertz CT molecular complexity index is 562. The third kappa shape index (κ3) is 2.46. The average Bonchev–Trinajstić information content (AvgIpc) is 2.76. The second kappa shape index (κ2) is 5.10. The van der Waals surface area contributed by atoms with E-state index < -0.39 is 11.8 Å². The molecule has 0 aliphatic rings. The summed E-state index contributed by atoms with van der Waals surface area (Å²) in [6, 6.07) is 5.61. The number of halogens is 2. The molecule has 0 aliphatic carbocycles. The van der Waals surface area contributed by atoms with Crippen molar-refractivity contribution in [2.45, 2.75) is 6.54 Å². The first-order valence-electron chi connectivity index (χ1n) is 5.07. The lowest BCUT2D eigenvalue weighted by Gasteiger charge is -2.08. The molecular weight excluding hydrogens is 261 g/mol. The second-order valence-corrected chi connectivity index (χ2v) is 3.92. The number of hydrogen-bond donors (Lipinski definition) is 2. The van der Waals surface area contributed by atoms with Gasteiger partial charge in [0.1, 0.15) is 17.1 Å². The topological polar surface area (TPSA) is 62.5 Å². The van der Waals surface area contributed by atoms with Gasteiger partial charge in [0, 0.05) is 0 Å². The van der Waals surface area contributed by atoms with Crippen LogP contribution in [-0.4, -0.2) is 11.1 Å². The number of carboxylic acid groups (broad SMARTS) is 1. The number of furan rings is 1. The van der Waals surface area contributed by atoms with Crippen molar-refractivity contribution >= 4 is 23.3 Å². The minimum Gasteiger partial charge on any atom is -0.478 e. The van der Waals surface area contributed by atoms with E-state index in [9.17, 15) is 9.18 Å². The first-order valence-corrected chi connectivity index (χ1v) is 5.45. The third-order valence-corrected chi connectivity index (χ3v) is 2.68. The molecule has 0 spiro atoms. The minimum atomic E-state index is -1.10. The SMILES string of the molecule is O=C(O)c1ccoc1CNc1c(F)cccc1Cl. The molecule has 2 aromatic rings. The van der Waals surface area contributed by atoms with Crippen LogP contribution in [0.25, 0.3) is 0 Å². The Morgan fingerprint density at radius 3 is 2.89 bits per heavy atom. The second-order valence-electron chi connectivity index (χ2n) is 3.51. The van der Waals surface area contributed by atoms with Crippen molar-refractivity contribution in [3.63, 3.8) is 0 Å². The van der Waals surface area contributed by atoms with E-state index in [1.165, 1.54) is 30.5 Å². The molecule has 0 radical (unpaired) electrons. The van der Waals surface area contributed by atoms with E-state index in [2.05, 4.69) is 5.32 Å². The molecule has 0 atom stereocenters. The lowest BCUT2D eigenvalue weighted by Crippen LogP contribution is -2.06. The van der Waals surface area contributed by atoms with E-state index in [1.54, 1.807) is 0 Å². The number of anilines is 1. The minimum absolute atomic E-state index is 0.0370. The Morgan fingerprint density at radius 1 is 1.44 bits per heavy atom. The van der Waals surface area contributed by atoms with E-state index in [1.807, 2.05) is 0 Å². The number of carboxylic acids is 1. The van der Waals surface area contributed by atoms with E-state index >= 15 is 0 Å². The molecule has 94 valence electrons. The van der Waals surface area contributed by atoms with Crippen LogP contribution in [0.15, 0.2) is 34.9 Å². The highest BCUT2D eigenvalue weighted by molar-refractivity contribution is 6.33. The normalized spacial score (nSPS) is 10.3. The van der Waals surface area contributed by atoms with Gasteiger partial charge in [-0.3, -0.25) is 0 Å². The largest absolute Gasteiger partial charge is 0.478 e. The summed E-state index contributed by atoms with van der Waals surface area (Å²) in [7, 11) is 0. The molecule has 2 rings (SSSR count). The molecule has 0 aliphatic heterocycles. The summed E-state index contributed by atoms with van der Waals surface area (Å²) in [5.74, 6) is -1.40. The fourth-order valence-electron chi connectivity index (χ4n) is 1.50. The molecule has 4 nitrogen and oxygen atoms in total. The smallest absolute Gasteiger partial charge is 0.339 e. The van der Waals surface area contributed by atoms with Gasteiger partial charge in [-0.2, -0.15) is 0 Å².